The highest BCUT2D eigenvalue weighted by Gasteiger charge is 2.17. The summed E-state index contributed by atoms with van der Waals surface area (Å²) in [4.78, 5) is 11.1. The third-order valence-corrected chi connectivity index (χ3v) is 2.84. The van der Waals surface area contributed by atoms with Gasteiger partial charge in [-0.3, -0.25) is 14.9 Å². The molecule has 1 aromatic rings. The number of aromatic nitrogens is 2. The van der Waals surface area contributed by atoms with E-state index in [9.17, 15) is 0 Å². The zero-order valence-electron chi connectivity index (χ0n) is 9.40. The number of nitrogens with one attached hydrogen (secondary N) is 1. The normalized spacial score (nSPS) is 22.9. The summed E-state index contributed by atoms with van der Waals surface area (Å²) in [6, 6.07) is 0.585. The first-order chi connectivity index (χ1) is 7.25. The first-order valence-electron chi connectivity index (χ1n) is 5.48. The predicted octanol–water partition coefficient (Wildman–Crippen LogP) is 0.579. The summed E-state index contributed by atoms with van der Waals surface area (Å²) in [5.74, 6) is 0. The van der Waals surface area contributed by atoms with E-state index in [4.69, 9.17) is 0 Å². The fraction of sp³-hybridized carbons (Fsp3) is 0.636. The largest absolute Gasteiger partial charge is 0.314 e. The Bertz CT molecular complexity index is 309. The van der Waals surface area contributed by atoms with Gasteiger partial charge in [-0.2, -0.15) is 0 Å². The lowest BCUT2D eigenvalue weighted by Crippen LogP contribution is -2.49. The molecule has 0 amide bonds. The minimum Gasteiger partial charge on any atom is -0.314 e. The van der Waals surface area contributed by atoms with E-state index in [0.29, 0.717) is 6.04 Å². The molecule has 2 rings (SSSR count). The molecule has 0 bridgehead atoms. The Morgan fingerprint density at radius 2 is 2.33 bits per heavy atom. The van der Waals surface area contributed by atoms with Gasteiger partial charge in [0.1, 0.15) is 0 Å². The fourth-order valence-corrected chi connectivity index (χ4v) is 1.83. The molecule has 15 heavy (non-hydrogen) atoms. The Labute approximate surface area is 90.7 Å². The number of aryl methyl sites for hydroxylation is 1. The molecule has 1 saturated heterocycles. The SMILES string of the molecule is Cc1cnc(CN2CCNC[C@H]2C)cn1. The van der Waals surface area contributed by atoms with Gasteiger partial charge in [0.25, 0.3) is 0 Å². The fourth-order valence-electron chi connectivity index (χ4n) is 1.83. The molecule has 0 spiro atoms. The van der Waals surface area contributed by atoms with Gasteiger partial charge in [-0.25, -0.2) is 0 Å². The molecule has 1 N–H and O–H groups in total. The van der Waals surface area contributed by atoms with Gasteiger partial charge >= 0.3 is 0 Å². The lowest BCUT2D eigenvalue weighted by Gasteiger charge is -2.33. The zero-order chi connectivity index (χ0) is 10.7. The van der Waals surface area contributed by atoms with Gasteiger partial charge in [0.05, 0.1) is 11.4 Å². The Morgan fingerprint density at radius 1 is 1.47 bits per heavy atom. The molecule has 0 aliphatic carbocycles. The van der Waals surface area contributed by atoms with Crippen molar-refractivity contribution in [3.8, 4) is 0 Å². The lowest BCUT2D eigenvalue weighted by molar-refractivity contribution is 0.163. The highest BCUT2D eigenvalue weighted by Crippen LogP contribution is 2.07. The van der Waals surface area contributed by atoms with E-state index in [1.54, 1.807) is 0 Å². The molecule has 1 aliphatic heterocycles. The van der Waals surface area contributed by atoms with Crippen molar-refractivity contribution < 1.29 is 0 Å². The number of piperazine rings is 1. The van der Waals surface area contributed by atoms with Crippen LogP contribution in [0.4, 0.5) is 0 Å². The first kappa shape index (κ1) is 10.5. The van der Waals surface area contributed by atoms with Crippen molar-refractivity contribution in [1.82, 2.24) is 20.2 Å². The molecule has 82 valence electrons. The maximum absolute atomic E-state index is 4.38. The van der Waals surface area contributed by atoms with Gasteiger partial charge in [0.15, 0.2) is 0 Å². The van der Waals surface area contributed by atoms with Crippen LogP contribution >= 0.6 is 0 Å². The highest BCUT2D eigenvalue weighted by atomic mass is 15.2. The molecule has 0 radical (unpaired) electrons. The average Bonchev–Trinajstić information content (AvgIpc) is 2.25. The predicted molar refractivity (Wildman–Crippen MR) is 59.5 cm³/mol. The summed E-state index contributed by atoms with van der Waals surface area (Å²) in [6.07, 6.45) is 3.71. The second kappa shape index (κ2) is 4.68. The van der Waals surface area contributed by atoms with Gasteiger partial charge in [-0.05, 0) is 13.8 Å². The van der Waals surface area contributed by atoms with Crippen molar-refractivity contribution in [1.29, 1.82) is 0 Å². The molecule has 1 aliphatic rings. The number of hydrogen-bond donors (Lipinski definition) is 1. The van der Waals surface area contributed by atoms with E-state index < -0.39 is 0 Å². The molecule has 4 heteroatoms. The molecule has 1 atom stereocenters. The average molecular weight is 206 g/mol. The van der Waals surface area contributed by atoms with E-state index in [0.717, 1.165) is 37.6 Å². The molecule has 0 saturated carbocycles. The Kier molecular flexibility index (Phi) is 3.28. The molecule has 0 aromatic carbocycles. The second-order valence-electron chi connectivity index (χ2n) is 4.17. The van der Waals surface area contributed by atoms with Crippen molar-refractivity contribution in [2.24, 2.45) is 0 Å². The van der Waals surface area contributed by atoms with Crippen LogP contribution in [0.25, 0.3) is 0 Å². The van der Waals surface area contributed by atoms with Crippen molar-refractivity contribution in [3.63, 3.8) is 0 Å². The minimum absolute atomic E-state index is 0.585. The number of rotatable bonds is 2. The third-order valence-electron chi connectivity index (χ3n) is 2.84. The smallest absolute Gasteiger partial charge is 0.0727 e. The van der Waals surface area contributed by atoms with E-state index in [-0.39, 0.29) is 0 Å². The van der Waals surface area contributed by atoms with E-state index in [2.05, 4.69) is 27.1 Å². The summed E-state index contributed by atoms with van der Waals surface area (Å²) in [7, 11) is 0. The molecule has 1 fully saturated rings. The summed E-state index contributed by atoms with van der Waals surface area (Å²) in [5, 5.41) is 3.38. The van der Waals surface area contributed by atoms with Crippen LogP contribution in [-0.2, 0) is 6.54 Å². The third kappa shape index (κ3) is 2.73. The zero-order valence-corrected chi connectivity index (χ0v) is 9.40. The summed E-state index contributed by atoms with van der Waals surface area (Å²) < 4.78 is 0. The van der Waals surface area contributed by atoms with Crippen LogP contribution in [0, 0.1) is 6.92 Å². The summed E-state index contributed by atoms with van der Waals surface area (Å²) in [6.45, 7) is 8.35. The standard InChI is InChI=1S/C11H18N4/c1-9-5-14-11(7-13-9)8-15-4-3-12-6-10(15)2/h5,7,10,12H,3-4,6,8H2,1-2H3/t10-/m1/s1. The maximum atomic E-state index is 4.38. The lowest BCUT2D eigenvalue weighted by atomic mass is 10.2. The van der Waals surface area contributed by atoms with Crippen LogP contribution in [-0.4, -0.2) is 40.5 Å². The summed E-state index contributed by atoms with van der Waals surface area (Å²) >= 11 is 0. The van der Waals surface area contributed by atoms with Gasteiger partial charge < -0.3 is 5.32 Å². The molecular weight excluding hydrogens is 188 g/mol. The van der Waals surface area contributed by atoms with Crippen LogP contribution in [0.2, 0.25) is 0 Å². The van der Waals surface area contributed by atoms with Crippen LogP contribution in [0.5, 0.6) is 0 Å². The van der Waals surface area contributed by atoms with Gasteiger partial charge in [0, 0.05) is 44.6 Å². The minimum atomic E-state index is 0.585. The Morgan fingerprint density at radius 3 is 3.00 bits per heavy atom. The molecule has 1 aromatic heterocycles. The molecule has 2 heterocycles. The number of nitrogens with zero attached hydrogens (tertiary/aromatic N) is 3. The second-order valence-corrected chi connectivity index (χ2v) is 4.17. The van der Waals surface area contributed by atoms with E-state index >= 15 is 0 Å². The van der Waals surface area contributed by atoms with Gasteiger partial charge in [-0.15, -0.1) is 0 Å². The van der Waals surface area contributed by atoms with E-state index in [1.807, 2.05) is 19.3 Å². The topological polar surface area (TPSA) is 41.1 Å². The van der Waals surface area contributed by atoms with Crippen LogP contribution in [0.1, 0.15) is 18.3 Å². The van der Waals surface area contributed by atoms with Gasteiger partial charge in [0.2, 0.25) is 0 Å². The summed E-state index contributed by atoms with van der Waals surface area (Å²) in [5.41, 5.74) is 2.04. The Balaban J connectivity index is 1.98. The molecule has 0 unspecified atom stereocenters. The van der Waals surface area contributed by atoms with Crippen LogP contribution in [0.3, 0.4) is 0 Å². The highest BCUT2D eigenvalue weighted by molar-refractivity contribution is 5.01. The van der Waals surface area contributed by atoms with Crippen LogP contribution < -0.4 is 5.32 Å². The monoisotopic (exact) mass is 206 g/mol. The van der Waals surface area contributed by atoms with Crippen molar-refractivity contribution in [2.75, 3.05) is 19.6 Å². The van der Waals surface area contributed by atoms with Crippen LogP contribution in [0.15, 0.2) is 12.4 Å². The maximum Gasteiger partial charge on any atom is 0.0727 e. The van der Waals surface area contributed by atoms with Crippen molar-refractivity contribution in [2.45, 2.75) is 26.4 Å². The molecular formula is C11H18N4. The van der Waals surface area contributed by atoms with Crippen molar-refractivity contribution >= 4 is 0 Å². The first-order valence-corrected chi connectivity index (χ1v) is 5.48. The van der Waals surface area contributed by atoms with E-state index in [1.165, 1.54) is 0 Å². The Hall–Kier alpha value is -1.00. The molecule has 4 nitrogen and oxygen atoms in total. The van der Waals surface area contributed by atoms with Crippen molar-refractivity contribution in [3.05, 3.63) is 23.8 Å². The quantitative estimate of drug-likeness (QED) is 0.768. The number of hydrogen-bond acceptors (Lipinski definition) is 4. The van der Waals surface area contributed by atoms with Gasteiger partial charge in [-0.1, -0.05) is 0 Å².